The molecular weight excluding hydrogens is 146 g/mol. The fourth-order valence-corrected chi connectivity index (χ4v) is 1.58. The highest BCUT2D eigenvalue weighted by Crippen LogP contribution is 2.12. The molecular formula is C11H25N. The first-order valence-corrected chi connectivity index (χ1v) is 5.13. The van der Waals surface area contributed by atoms with E-state index in [4.69, 9.17) is 0 Å². The lowest BCUT2D eigenvalue weighted by atomic mass is 9.98. The second-order valence-corrected chi connectivity index (χ2v) is 4.77. The molecule has 1 atom stereocenters. The first-order chi connectivity index (χ1) is 5.43. The molecule has 12 heavy (non-hydrogen) atoms. The molecule has 0 bridgehead atoms. The average Bonchev–Trinajstić information content (AvgIpc) is 1.84. The lowest BCUT2D eigenvalue weighted by molar-refractivity contribution is 0.223. The molecule has 1 nitrogen and oxygen atoms in total. The molecule has 0 amide bonds. The lowest BCUT2D eigenvalue weighted by Crippen LogP contribution is -2.31. The molecule has 1 heteroatoms. The van der Waals surface area contributed by atoms with Gasteiger partial charge in [0.1, 0.15) is 0 Å². The summed E-state index contributed by atoms with van der Waals surface area (Å²) in [6, 6.07) is 0.680. The van der Waals surface area contributed by atoms with Crippen LogP contribution in [0.25, 0.3) is 0 Å². The molecule has 0 heterocycles. The van der Waals surface area contributed by atoms with Gasteiger partial charge < -0.3 is 4.90 Å². The van der Waals surface area contributed by atoms with Crippen molar-refractivity contribution in [1.82, 2.24) is 4.90 Å². The van der Waals surface area contributed by atoms with Crippen LogP contribution in [0, 0.1) is 11.8 Å². The first kappa shape index (κ1) is 12.0. The Morgan fingerprint density at radius 2 is 1.50 bits per heavy atom. The van der Waals surface area contributed by atoms with Gasteiger partial charge in [0.2, 0.25) is 0 Å². The summed E-state index contributed by atoms with van der Waals surface area (Å²) < 4.78 is 0. The Labute approximate surface area is 78.1 Å². The van der Waals surface area contributed by atoms with Crippen molar-refractivity contribution >= 4 is 0 Å². The summed E-state index contributed by atoms with van der Waals surface area (Å²) in [5.41, 5.74) is 0. The first-order valence-electron chi connectivity index (χ1n) is 5.13. The quantitative estimate of drug-likeness (QED) is 0.614. The average molecular weight is 171 g/mol. The summed E-state index contributed by atoms with van der Waals surface area (Å²) in [6.07, 6.45) is 1.34. The summed E-state index contributed by atoms with van der Waals surface area (Å²) in [5.74, 6) is 1.66. The van der Waals surface area contributed by atoms with Crippen molar-refractivity contribution < 1.29 is 0 Å². The molecule has 0 aromatic rings. The van der Waals surface area contributed by atoms with Crippen LogP contribution in [0.3, 0.4) is 0 Å². The summed E-state index contributed by atoms with van der Waals surface area (Å²) in [5, 5.41) is 0. The molecule has 0 aliphatic heterocycles. The van der Waals surface area contributed by atoms with Gasteiger partial charge in [0.15, 0.2) is 0 Å². The van der Waals surface area contributed by atoms with Gasteiger partial charge >= 0.3 is 0 Å². The minimum absolute atomic E-state index is 0.680. The molecule has 0 aromatic carbocycles. The molecule has 0 radical (unpaired) electrons. The van der Waals surface area contributed by atoms with E-state index in [1.165, 1.54) is 13.0 Å². The van der Waals surface area contributed by atoms with Gasteiger partial charge in [-0.05, 0) is 39.2 Å². The number of hydrogen-bond acceptors (Lipinski definition) is 1. The van der Waals surface area contributed by atoms with E-state index in [2.05, 4.69) is 46.6 Å². The molecule has 0 N–H and O–H groups in total. The molecule has 0 saturated carbocycles. The highest BCUT2D eigenvalue weighted by atomic mass is 15.1. The van der Waals surface area contributed by atoms with E-state index in [-0.39, 0.29) is 0 Å². The maximum absolute atomic E-state index is 2.42. The molecule has 0 aromatic heterocycles. The van der Waals surface area contributed by atoms with Gasteiger partial charge in [-0.1, -0.05) is 20.8 Å². The van der Waals surface area contributed by atoms with Crippen LogP contribution in [-0.2, 0) is 0 Å². The van der Waals surface area contributed by atoms with Gasteiger partial charge in [-0.15, -0.1) is 0 Å². The minimum Gasteiger partial charge on any atom is -0.304 e. The number of rotatable bonds is 5. The van der Waals surface area contributed by atoms with Gasteiger partial charge in [-0.2, -0.15) is 0 Å². The lowest BCUT2D eigenvalue weighted by Gasteiger charge is -2.25. The second-order valence-electron chi connectivity index (χ2n) is 4.77. The van der Waals surface area contributed by atoms with Crippen LogP contribution in [0.5, 0.6) is 0 Å². The van der Waals surface area contributed by atoms with Gasteiger partial charge in [-0.25, -0.2) is 0 Å². The Kier molecular flexibility index (Phi) is 5.56. The Morgan fingerprint density at radius 3 is 1.83 bits per heavy atom. The SMILES string of the molecule is CC(C)C[C@@H](C)CN(C)C(C)C. The normalized spacial score (nSPS) is 14.8. The van der Waals surface area contributed by atoms with Crippen molar-refractivity contribution in [2.75, 3.05) is 13.6 Å². The maximum atomic E-state index is 2.42. The standard InChI is InChI=1S/C11H25N/c1-9(2)7-11(5)8-12(6)10(3)4/h9-11H,7-8H2,1-6H3/t11-/m1/s1. The Balaban J connectivity index is 3.61. The van der Waals surface area contributed by atoms with E-state index >= 15 is 0 Å². The topological polar surface area (TPSA) is 3.24 Å². The Bertz CT molecular complexity index is 108. The zero-order valence-electron chi connectivity index (χ0n) is 9.59. The Hall–Kier alpha value is -0.0400. The fourth-order valence-electron chi connectivity index (χ4n) is 1.58. The molecule has 0 spiro atoms. The summed E-state index contributed by atoms with van der Waals surface area (Å²) in [6.45, 7) is 12.7. The largest absolute Gasteiger partial charge is 0.304 e. The summed E-state index contributed by atoms with van der Waals surface area (Å²) in [4.78, 5) is 2.42. The monoisotopic (exact) mass is 171 g/mol. The van der Waals surface area contributed by atoms with Crippen molar-refractivity contribution in [2.24, 2.45) is 11.8 Å². The molecule has 0 saturated heterocycles. The van der Waals surface area contributed by atoms with Gasteiger partial charge in [-0.3, -0.25) is 0 Å². The zero-order valence-corrected chi connectivity index (χ0v) is 9.59. The van der Waals surface area contributed by atoms with E-state index in [1.54, 1.807) is 0 Å². The minimum atomic E-state index is 0.680. The van der Waals surface area contributed by atoms with Crippen molar-refractivity contribution in [2.45, 2.75) is 47.1 Å². The molecule has 0 unspecified atom stereocenters. The third-order valence-corrected chi connectivity index (χ3v) is 2.35. The van der Waals surface area contributed by atoms with Crippen LogP contribution < -0.4 is 0 Å². The number of nitrogens with zero attached hydrogens (tertiary/aromatic N) is 1. The second kappa shape index (κ2) is 5.58. The third kappa shape index (κ3) is 5.59. The van der Waals surface area contributed by atoms with Crippen LogP contribution in [-0.4, -0.2) is 24.5 Å². The number of hydrogen-bond donors (Lipinski definition) is 0. The van der Waals surface area contributed by atoms with Crippen LogP contribution in [0.15, 0.2) is 0 Å². The van der Waals surface area contributed by atoms with E-state index in [9.17, 15) is 0 Å². The van der Waals surface area contributed by atoms with Crippen LogP contribution >= 0.6 is 0 Å². The van der Waals surface area contributed by atoms with Crippen molar-refractivity contribution in [1.29, 1.82) is 0 Å². The summed E-state index contributed by atoms with van der Waals surface area (Å²) >= 11 is 0. The molecule has 0 fully saturated rings. The predicted octanol–water partition coefficient (Wildman–Crippen LogP) is 3.01. The predicted molar refractivity (Wildman–Crippen MR) is 56.4 cm³/mol. The molecule has 74 valence electrons. The van der Waals surface area contributed by atoms with E-state index in [0.29, 0.717) is 6.04 Å². The fraction of sp³-hybridized carbons (Fsp3) is 1.00. The molecule has 0 aliphatic carbocycles. The van der Waals surface area contributed by atoms with Crippen LogP contribution in [0.2, 0.25) is 0 Å². The smallest absolute Gasteiger partial charge is 0.00356 e. The van der Waals surface area contributed by atoms with Gasteiger partial charge in [0.25, 0.3) is 0 Å². The molecule has 0 rings (SSSR count). The van der Waals surface area contributed by atoms with Gasteiger partial charge in [0.05, 0.1) is 0 Å². The highest BCUT2D eigenvalue weighted by molar-refractivity contribution is 4.63. The zero-order chi connectivity index (χ0) is 9.72. The van der Waals surface area contributed by atoms with Crippen LogP contribution in [0.4, 0.5) is 0 Å². The van der Waals surface area contributed by atoms with Crippen molar-refractivity contribution in [3.63, 3.8) is 0 Å². The van der Waals surface area contributed by atoms with E-state index < -0.39 is 0 Å². The van der Waals surface area contributed by atoms with Crippen molar-refractivity contribution in [3.8, 4) is 0 Å². The summed E-state index contributed by atoms with van der Waals surface area (Å²) in [7, 11) is 2.21. The maximum Gasteiger partial charge on any atom is 0.00356 e. The Morgan fingerprint density at radius 1 is 1.00 bits per heavy atom. The van der Waals surface area contributed by atoms with Crippen molar-refractivity contribution in [3.05, 3.63) is 0 Å². The van der Waals surface area contributed by atoms with E-state index in [0.717, 1.165) is 11.8 Å². The third-order valence-electron chi connectivity index (χ3n) is 2.35. The highest BCUT2D eigenvalue weighted by Gasteiger charge is 2.09. The van der Waals surface area contributed by atoms with Gasteiger partial charge in [0, 0.05) is 12.6 Å². The van der Waals surface area contributed by atoms with Crippen LogP contribution in [0.1, 0.15) is 41.0 Å². The molecule has 0 aliphatic rings. The van der Waals surface area contributed by atoms with E-state index in [1.807, 2.05) is 0 Å².